The van der Waals surface area contributed by atoms with Crippen molar-refractivity contribution in [3.63, 3.8) is 0 Å². The van der Waals surface area contributed by atoms with Crippen molar-refractivity contribution < 1.29 is 4.79 Å². The summed E-state index contributed by atoms with van der Waals surface area (Å²) in [5, 5.41) is 0. The molecule has 0 radical (unpaired) electrons. The molecule has 0 aliphatic carbocycles. The molecule has 0 spiro atoms. The van der Waals surface area contributed by atoms with Crippen LogP contribution in [0.25, 0.3) is 0 Å². The number of benzene rings is 1. The Morgan fingerprint density at radius 1 is 1.32 bits per heavy atom. The number of H-pyrrole nitrogens is 1. The van der Waals surface area contributed by atoms with Gasteiger partial charge in [-0.3, -0.25) is 4.79 Å². The minimum absolute atomic E-state index is 0.135. The Balaban J connectivity index is 1.71. The van der Waals surface area contributed by atoms with Crippen LogP contribution in [0.15, 0.2) is 36.7 Å². The molecule has 0 bridgehead atoms. The van der Waals surface area contributed by atoms with E-state index in [0.29, 0.717) is 13.1 Å². The van der Waals surface area contributed by atoms with Gasteiger partial charge in [0, 0.05) is 24.4 Å². The monoisotopic (exact) mass is 251 g/mol. The maximum atomic E-state index is 12.0. The van der Waals surface area contributed by atoms with Crippen LogP contribution in [-0.4, -0.2) is 27.3 Å². The maximum absolute atomic E-state index is 12.0. The highest BCUT2D eigenvalue weighted by Gasteiger charge is 2.20. The molecule has 4 heteroatoms. The van der Waals surface area contributed by atoms with Gasteiger partial charge >= 0.3 is 0 Å². The van der Waals surface area contributed by atoms with Crippen LogP contribution in [0.2, 0.25) is 0 Å². The topological polar surface area (TPSA) is 49.0 Å². The molecule has 2 aromatic rings. The number of carbonyl (C=O) groups excluding carboxylic acids is 1. The average Bonchev–Trinajstić information content (AvgIpc) is 2.93. The minimum atomic E-state index is -0.135. The van der Waals surface area contributed by atoms with Crippen LogP contribution in [0.3, 0.4) is 0 Å². The molecular formula is C15H13N3O. The van der Waals surface area contributed by atoms with Crippen molar-refractivity contribution in [3.8, 4) is 11.8 Å². The summed E-state index contributed by atoms with van der Waals surface area (Å²) in [6, 6.07) is 9.53. The number of carbonyl (C=O) groups is 1. The third kappa shape index (κ3) is 2.50. The van der Waals surface area contributed by atoms with Gasteiger partial charge in [-0.1, -0.05) is 24.1 Å². The summed E-state index contributed by atoms with van der Waals surface area (Å²) in [5.74, 6) is 5.45. The van der Waals surface area contributed by atoms with E-state index in [2.05, 4.69) is 21.8 Å². The molecule has 1 aromatic heterocycles. The van der Waals surface area contributed by atoms with Crippen molar-refractivity contribution in [2.24, 2.45) is 0 Å². The van der Waals surface area contributed by atoms with Gasteiger partial charge in [0.05, 0.1) is 24.3 Å². The number of fused-ring (bicyclic) bond motifs is 1. The Kier molecular flexibility index (Phi) is 3.03. The predicted octanol–water partition coefficient (Wildman–Crippen LogP) is 1.35. The highest BCUT2D eigenvalue weighted by Crippen LogP contribution is 2.14. The van der Waals surface area contributed by atoms with Crippen LogP contribution in [-0.2, 0) is 17.8 Å². The molecule has 1 aromatic carbocycles. The SMILES string of the molecule is O=C(C#Cc1ccccc1)N1CCc2nc[nH]c2C1. The van der Waals surface area contributed by atoms with Crippen molar-refractivity contribution in [3.05, 3.63) is 53.6 Å². The molecule has 3 rings (SSSR count). The quantitative estimate of drug-likeness (QED) is 0.718. The molecule has 19 heavy (non-hydrogen) atoms. The first-order chi connectivity index (χ1) is 9.33. The number of aromatic amines is 1. The van der Waals surface area contributed by atoms with E-state index >= 15 is 0 Å². The first-order valence-corrected chi connectivity index (χ1v) is 6.20. The zero-order chi connectivity index (χ0) is 13.1. The van der Waals surface area contributed by atoms with Gasteiger partial charge in [0.2, 0.25) is 0 Å². The summed E-state index contributed by atoms with van der Waals surface area (Å²) in [4.78, 5) is 21.0. The molecule has 1 aliphatic heterocycles. The second kappa shape index (κ2) is 4.99. The average molecular weight is 251 g/mol. The fourth-order valence-electron chi connectivity index (χ4n) is 2.11. The van der Waals surface area contributed by atoms with Gasteiger partial charge in [0.15, 0.2) is 0 Å². The third-order valence-corrected chi connectivity index (χ3v) is 3.15. The van der Waals surface area contributed by atoms with E-state index in [1.807, 2.05) is 30.3 Å². The molecule has 1 amide bonds. The van der Waals surface area contributed by atoms with E-state index in [9.17, 15) is 4.79 Å². The van der Waals surface area contributed by atoms with Crippen LogP contribution >= 0.6 is 0 Å². The number of nitrogens with zero attached hydrogens (tertiary/aromatic N) is 2. The van der Waals surface area contributed by atoms with Crippen molar-refractivity contribution in [1.29, 1.82) is 0 Å². The zero-order valence-corrected chi connectivity index (χ0v) is 10.4. The number of hydrogen-bond acceptors (Lipinski definition) is 2. The lowest BCUT2D eigenvalue weighted by atomic mass is 10.1. The van der Waals surface area contributed by atoms with Crippen molar-refractivity contribution in [1.82, 2.24) is 14.9 Å². The fourth-order valence-corrected chi connectivity index (χ4v) is 2.11. The Bertz CT molecular complexity index is 649. The third-order valence-electron chi connectivity index (χ3n) is 3.15. The molecule has 0 saturated heterocycles. The summed E-state index contributed by atoms with van der Waals surface area (Å²) < 4.78 is 0. The number of aromatic nitrogens is 2. The smallest absolute Gasteiger partial charge is 0.299 e. The molecule has 0 unspecified atom stereocenters. The summed E-state index contributed by atoms with van der Waals surface area (Å²) in [6.07, 6.45) is 2.46. The normalized spacial score (nSPS) is 13.4. The van der Waals surface area contributed by atoms with E-state index in [1.54, 1.807) is 11.2 Å². The number of hydrogen-bond donors (Lipinski definition) is 1. The standard InChI is InChI=1S/C15H13N3O/c19-15(7-6-12-4-2-1-3-5-12)18-9-8-13-14(10-18)17-11-16-13/h1-5,11H,8-10H2,(H,16,17). The van der Waals surface area contributed by atoms with Crippen molar-refractivity contribution in [2.75, 3.05) is 6.54 Å². The highest BCUT2D eigenvalue weighted by molar-refractivity contribution is 5.94. The Morgan fingerprint density at radius 2 is 2.16 bits per heavy atom. The molecule has 1 aliphatic rings. The zero-order valence-electron chi connectivity index (χ0n) is 10.4. The number of nitrogens with one attached hydrogen (secondary N) is 1. The van der Waals surface area contributed by atoms with E-state index in [-0.39, 0.29) is 5.91 Å². The number of amides is 1. The van der Waals surface area contributed by atoms with Gasteiger partial charge in [-0.2, -0.15) is 0 Å². The molecule has 0 fully saturated rings. The Hall–Kier alpha value is -2.54. The minimum Gasteiger partial charge on any atom is -0.347 e. The second-order valence-corrected chi connectivity index (χ2v) is 4.42. The molecule has 0 saturated carbocycles. The van der Waals surface area contributed by atoms with E-state index < -0.39 is 0 Å². The van der Waals surface area contributed by atoms with Crippen LogP contribution in [0.1, 0.15) is 17.0 Å². The van der Waals surface area contributed by atoms with Crippen LogP contribution in [0, 0.1) is 11.8 Å². The number of rotatable bonds is 0. The van der Waals surface area contributed by atoms with Crippen LogP contribution in [0.5, 0.6) is 0 Å². The van der Waals surface area contributed by atoms with Crippen LogP contribution in [0.4, 0.5) is 0 Å². The van der Waals surface area contributed by atoms with Gasteiger partial charge in [-0.15, -0.1) is 0 Å². The van der Waals surface area contributed by atoms with Crippen molar-refractivity contribution >= 4 is 5.91 Å². The van der Waals surface area contributed by atoms with E-state index in [0.717, 1.165) is 23.4 Å². The summed E-state index contributed by atoms with van der Waals surface area (Å²) in [7, 11) is 0. The van der Waals surface area contributed by atoms with Crippen LogP contribution < -0.4 is 0 Å². The first kappa shape index (κ1) is 11.5. The second-order valence-electron chi connectivity index (χ2n) is 4.42. The van der Waals surface area contributed by atoms with E-state index in [1.165, 1.54) is 0 Å². The summed E-state index contributed by atoms with van der Waals surface area (Å²) in [6.45, 7) is 1.25. The molecule has 0 atom stereocenters. The van der Waals surface area contributed by atoms with Gasteiger partial charge in [0.25, 0.3) is 5.91 Å². The van der Waals surface area contributed by atoms with Crippen molar-refractivity contribution in [2.45, 2.75) is 13.0 Å². The summed E-state index contributed by atoms with van der Waals surface area (Å²) in [5.41, 5.74) is 2.93. The van der Waals surface area contributed by atoms with Gasteiger partial charge < -0.3 is 9.88 Å². The Morgan fingerprint density at radius 3 is 3.00 bits per heavy atom. The summed E-state index contributed by atoms with van der Waals surface area (Å²) >= 11 is 0. The lowest BCUT2D eigenvalue weighted by Gasteiger charge is -2.23. The van der Waals surface area contributed by atoms with Gasteiger partial charge in [-0.25, -0.2) is 4.98 Å². The van der Waals surface area contributed by atoms with Gasteiger partial charge in [-0.05, 0) is 12.1 Å². The highest BCUT2D eigenvalue weighted by atomic mass is 16.2. The lowest BCUT2D eigenvalue weighted by molar-refractivity contribution is -0.126. The Labute approximate surface area is 111 Å². The largest absolute Gasteiger partial charge is 0.347 e. The molecule has 2 heterocycles. The lowest BCUT2D eigenvalue weighted by Crippen LogP contribution is -2.35. The maximum Gasteiger partial charge on any atom is 0.299 e. The molecular weight excluding hydrogens is 238 g/mol. The fraction of sp³-hybridized carbons (Fsp3) is 0.200. The number of imidazole rings is 1. The predicted molar refractivity (Wildman–Crippen MR) is 71.0 cm³/mol. The molecule has 4 nitrogen and oxygen atoms in total. The van der Waals surface area contributed by atoms with E-state index in [4.69, 9.17) is 0 Å². The molecule has 94 valence electrons. The van der Waals surface area contributed by atoms with Gasteiger partial charge in [0.1, 0.15) is 0 Å². The first-order valence-electron chi connectivity index (χ1n) is 6.20. The molecule has 1 N–H and O–H groups in total.